The zero-order valence-electron chi connectivity index (χ0n) is 12.9. The first kappa shape index (κ1) is 17.1. The van der Waals surface area contributed by atoms with Crippen molar-refractivity contribution in [3.63, 3.8) is 0 Å². The number of nitrogens with one attached hydrogen (secondary N) is 1. The van der Waals surface area contributed by atoms with Gasteiger partial charge in [0.1, 0.15) is 11.6 Å². The van der Waals surface area contributed by atoms with Crippen molar-refractivity contribution >= 4 is 11.7 Å². The lowest BCUT2D eigenvalue weighted by atomic mass is 10.1. The van der Waals surface area contributed by atoms with Crippen LogP contribution in [0.15, 0.2) is 18.2 Å². The minimum Gasteiger partial charge on any atom is -0.480 e. The van der Waals surface area contributed by atoms with Crippen molar-refractivity contribution in [3.05, 3.63) is 29.6 Å². The molecule has 1 amide bonds. The Hall–Kier alpha value is -1.91. The molecule has 0 fully saturated rings. The summed E-state index contributed by atoms with van der Waals surface area (Å²) in [4.78, 5) is 23.5. The lowest BCUT2D eigenvalue weighted by Crippen LogP contribution is -2.42. The first-order valence-corrected chi connectivity index (χ1v) is 7.16. The van der Waals surface area contributed by atoms with Crippen LogP contribution >= 0.6 is 0 Å². The highest BCUT2D eigenvalue weighted by atomic mass is 19.1. The standard InChI is InChI=1S/C16H22FNO3/c1-5-13(6-2)18-16(20)11(4)21-15-9-12(17)7-8-14(15)10(3)19/h7-9,11,13H,5-6H2,1-4H3,(H,18,20). The number of benzene rings is 1. The fourth-order valence-corrected chi connectivity index (χ4v) is 1.94. The topological polar surface area (TPSA) is 55.4 Å². The molecule has 1 atom stereocenters. The van der Waals surface area contributed by atoms with Crippen molar-refractivity contribution in [1.82, 2.24) is 5.32 Å². The van der Waals surface area contributed by atoms with Crippen molar-refractivity contribution in [2.75, 3.05) is 0 Å². The van der Waals surface area contributed by atoms with Crippen LogP contribution in [0.25, 0.3) is 0 Å². The second-order valence-electron chi connectivity index (χ2n) is 4.98. The summed E-state index contributed by atoms with van der Waals surface area (Å²) < 4.78 is 18.8. The van der Waals surface area contributed by atoms with E-state index in [1.54, 1.807) is 6.92 Å². The van der Waals surface area contributed by atoms with Crippen molar-refractivity contribution in [2.45, 2.75) is 52.7 Å². The van der Waals surface area contributed by atoms with Gasteiger partial charge in [0.25, 0.3) is 5.91 Å². The number of ketones is 1. The van der Waals surface area contributed by atoms with Crippen LogP contribution in [-0.2, 0) is 4.79 Å². The van der Waals surface area contributed by atoms with Gasteiger partial charge in [0.2, 0.25) is 0 Å². The van der Waals surface area contributed by atoms with Crippen LogP contribution in [0.3, 0.4) is 0 Å². The van der Waals surface area contributed by atoms with E-state index in [-0.39, 0.29) is 29.0 Å². The molecule has 116 valence electrons. The summed E-state index contributed by atoms with van der Waals surface area (Å²) in [7, 11) is 0. The van der Waals surface area contributed by atoms with Gasteiger partial charge in [-0.3, -0.25) is 9.59 Å². The van der Waals surface area contributed by atoms with Crippen molar-refractivity contribution in [2.24, 2.45) is 0 Å². The van der Waals surface area contributed by atoms with Crippen LogP contribution in [0.5, 0.6) is 5.75 Å². The van der Waals surface area contributed by atoms with Gasteiger partial charge < -0.3 is 10.1 Å². The largest absolute Gasteiger partial charge is 0.480 e. The van der Waals surface area contributed by atoms with Gasteiger partial charge in [0.05, 0.1) is 5.56 Å². The third kappa shape index (κ3) is 4.85. The molecule has 0 aliphatic carbocycles. The molecule has 1 aromatic rings. The quantitative estimate of drug-likeness (QED) is 0.786. The van der Waals surface area contributed by atoms with Crippen LogP contribution < -0.4 is 10.1 Å². The van der Waals surface area contributed by atoms with Gasteiger partial charge >= 0.3 is 0 Å². The highest BCUT2D eigenvalue weighted by Gasteiger charge is 2.20. The molecule has 21 heavy (non-hydrogen) atoms. The summed E-state index contributed by atoms with van der Waals surface area (Å²) in [6.45, 7) is 6.92. The molecular formula is C16H22FNO3. The smallest absolute Gasteiger partial charge is 0.260 e. The number of amides is 1. The maximum atomic E-state index is 13.3. The van der Waals surface area contributed by atoms with Crippen LogP contribution in [0, 0.1) is 5.82 Å². The van der Waals surface area contributed by atoms with Gasteiger partial charge in [-0.1, -0.05) is 13.8 Å². The van der Waals surface area contributed by atoms with Crippen molar-refractivity contribution in [1.29, 1.82) is 0 Å². The molecule has 5 heteroatoms. The van der Waals surface area contributed by atoms with Gasteiger partial charge in [-0.05, 0) is 38.8 Å². The Kier molecular flexibility index (Phi) is 6.34. The number of hydrogen-bond acceptors (Lipinski definition) is 3. The molecule has 0 spiro atoms. The van der Waals surface area contributed by atoms with Crippen molar-refractivity contribution in [3.8, 4) is 5.75 Å². The molecule has 1 aromatic carbocycles. The minimum absolute atomic E-state index is 0.0864. The van der Waals surface area contributed by atoms with E-state index in [4.69, 9.17) is 4.74 Å². The predicted octanol–water partition coefficient (Wildman–Crippen LogP) is 3.10. The molecule has 0 saturated carbocycles. The number of hydrogen-bond donors (Lipinski definition) is 1. The van der Waals surface area contributed by atoms with Crippen LogP contribution in [0.4, 0.5) is 4.39 Å². The molecule has 0 aliphatic heterocycles. The fourth-order valence-electron chi connectivity index (χ4n) is 1.94. The normalized spacial score (nSPS) is 12.1. The van der Waals surface area contributed by atoms with Gasteiger partial charge in [-0.2, -0.15) is 0 Å². The summed E-state index contributed by atoms with van der Waals surface area (Å²) in [6, 6.07) is 3.76. The average Bonchev–Trinajstić information content (AvgIpc) is 2.44. The molecule has 0 aliphatic rings. The second kappa shape index (κ2) is 7.76. The van der Waals surface area contributed by atoms with E-state index in [1.165, 1.54) is 19.1 Å². The SMILES string of the molecule is CCC(CC)NC(=O)C(C)Oc1cc(F)ccc1C(C)=O. The van der Waals surface area contributed by atoms with Crippen molar-refractivity contribution < 1.29 is 18.7 Å². The summed E-state index contributed by atoms with van der Waals surface area (Å²) >= 11 is 0. The van der Waals surface area contributed by atoms with Crippen LogP contribution in [0.2, 0.25) is 0 Å². The lowest BCUT2D eigenvalue weighted by molar-refractivity contribution is -0.128. The highest BCUT2D eigenvalue weighted by molar-refractivity contribution is 5.97. The third-order valence-electron chi connectivity index (χ3n) is 3.33. The highest BCUT2D eigenvalue weighted by Crippen LogP contribution is 2.22. The number of carbonyl (C=O) groups is 2. The number of ether oxygens (including phenoxy) is 1. The molecule has 1 unspecified atom stereocenters. The Balaban J connectivity index is 2.83. The Labute approximate surface area is 124 Å². The first-order chi connectivity index (χ1) is 9.88. The fraction of sp³-hybridized carbons (Fsp3) is 0.500. The summed E-state index contributed by atoms with van der Waals surface area (Å²) in [6.07, 6.45) is 0.854. The molecule has 0 saturated heterocycles. The summed E-state index contributed by atoms with van der Waals surface area (Å²) in [5.74, 6) is -0.933. The molecule has 0 radical (unpaired) electrons. The Morgan fingerprint density at radius 1 is 1.29 bits per heavy atom. The third-order valence-corrected chi connectivity index (χ3v) is 3.33. The maximum absolute atomic E-state index is 13.3. The van der Waals surface area contributed by atoms with E-state index < -0.39 is 11.9 Å². The van der Waals surface area contributed by atoms with E-state index in [1.807, 2.05) is 13.8 Å². The maximum Gasteiger partial charge on any atom is 0.260 e. The Morgan fingerprint density at radius 2 is 1.90 bits per heavy atom. The molecule has 4 nitrogen and oxygen atoms in total. The Bertz CT molecular complexity index is 512. The van der Waals surface area contributed by atoms with E-state index in [2.05, 4.69) is 5.32 Å². The summed E-state index contributed by atoms with van der Waals surface area (Å²) in [5.41, 5.74) is 0.263. The summed E-state index contributed by atoms with van der Waals surface area (Å²) in [5, 5.41) is 2.86. The molecule has 0 aromatic heterocycles. The zero-order chi connectivity index (χ0) is 16.0. The molecule has 1 rings (SSSR count). The molecular weight excluding hydrogens is 273 g/mol. The number of halogens is 1. The van der Waals surface area contributed by atoms with E-state index in [0.717, 1.165) is 18.9 Å². The average molecular weight is 295 g/mol. The minimum atomic E-state index is -0.800. The Morgan fingerprint density at radius 3 is 2.43 bits per heavy atom. The van der Waals surface area contributed by atoms with Gasteiger partial charge in [-0.25, -0.2) is 4.39 Å². The zero-order valence-corrected chi connectivity index (χ0v) is 12.9. The van der Waals surface area contributed by atoms with Gasteiger partial charge in [0, 0.05) is 12.1 Å². The van der Waals surface area contributed by atoms with E-state index in [9.17, 15) is 14.0 Å². The van der Waals surface area contributed by atoms with Gasteiger partial charge in [-0.15, -0.1) is 0 Å². The molecule has 1 N–H and O–H groups in total. The number of carbonyl (C=O) groups excluding carboxylic acids is 2. The number of Topliss-reactive ketones (excluding diaryl/α,β-unsaturated/α-hetero) is 1. The first-order valence-electron chi connectivity index (χ1n) is 7.16. The predicted molar refractivity (Wildman–Crippen MR) is 79.0 cm³/mol. The van der Waals surface area contributed by atoms with E-state index in [0.29, 0.717) is 0 Å². The van der Waals surface area contributed by atoms with Crippen LogP contribution in [-0.4, -0.2) is 23.8 Å². The number of rotatable bonds is 7. The van der Waals surface area contributed by atoms with Crippen LogP contribution in [0.1, 0.15) is 50.9 Å². The second-order valence-corrected chi connectivity index (χ2v) is 4.98. The molecule has 0 heterocycles. The monoisotopic (exact) mass is 295 g/mol. The van der Waals surface area contributed by atoms with E-state index >= 15 is 0 Å². The lowest BCUT2D eigenvalue weighted by Gasteiger charge is -2.20. The van der Waals surface area contributed by atoms with Gasteiger partial charge in [0.15, 0.2) is 11.9 Å². The molecule has 0 bridgehead atoms.